The lowest BCUT2D eigenvalue weighted by Gasteiger charge is -2.42. The Morgan fingerprint density at radius 1 is 1.00 bits per heavy atom. The van der Waals surface area contributed by atoms with E-state index in [0.717, 1.165) is 21.4 Å². The van der Waals surface area contributed by atoms with Crippen molar-refractivity contribution < 1.29 is 34.4 Å². The number of benzene rings is 3. The predicted octanol–water partition coefficient (Wildman–Crippen LogP) is 2.24. The third-order valence-electron chi connectivity index (χ3n) is 8.35. The number of anilines is 1. The van der Waals surface area contributed by atoms with E-state index in [-0.39, 0.29) is 23.0 Å². The molecule has 2 heterocycles. The van der Waals surface area contributed by atoms with E-state index in [9.17, 15) is 29.8 Å². The molecule has 4 N–H and O–H groups in total. The summed E-state index contributed by atoms with van der Waals surface area (Å²) < 4.78 is 6.14. The molecule has 192 valence electrons. The van der Waals surface area contributed by atoms with Gasteiger partial charge in [0.05, 0.1) is 23.6 Å². The summed E-state index contributed by atoms with van der Waals surface area (Å²) in [4.78, 5) is 28.7. The van der Waals surface area contributed by atoms with Crippen LogP contribution < -0.4 is 10.4 Å². The molecule has 2 saturated heterocycles. The van der Waals surface area contributed by atoms with Gasteiger partial charge in [-0.3, -0.25) is 14.5 Å². The highest BCUT2D eigenvalue weighted by Crippen LogP contribution is 2.53. The zero-order valence-corrected chi connectivity index (χ0v) is 20.8. The monoisotopic (exact) mass is 511 g/mol. The number of amides is 2. The molecule has 4 atom stereocenters. The van der Waals surface area contributed by atoms with Gasteiger partial charge in [0, 0.05) is 5.39 Å². The molecule has 3 aromatic carbocycles. The van der Waals surface area contributed by atoms with E-state index >= 15 is 0 Å². The minimum atomic E-state index is -1.73. The number of carbonyl (C=O) groups excluding carboxylic acids is 2. The SMILES string of the molecule is CCC1=C2B(O)O[C@H](c3ccc(O)c4ccccc34)C[C@H]2[C@H]2C(=O)N(c3cccc(B(O)O)c3)C(=O)[C@H]2C1. The van der Waals surface area contributed by atoms with E-state index in [1.807, 2.05) is 31.2 Å². The Morgan fingerprint density at radius 2 is 1.76 bits per heavy atom. The molecule has 2 amide bonds. The van der Waals surface area contributed by atoms with Crippen molar-refractivity contribution in [3.8, 4) is 5.75 Å². The summed E-state index contributed by atoms with van der Waals surface area (Å²) in [6, 6.07) is 17.0. The fourth-order valence-corrected chi connectivity index (χ4v) is 6.62. The second-order valence-electron chi connectivity index (χ2n) is 10.3. The molecule has 10 heteroatoms. The van der Waals surface area contributed by atoms with E-state index in [1.54, 1.807) is 24.3 Å². The summed E-state index contributed by atoms with van der Waals surface area (Å²) in [7, 11) is -2.94. The Kier molecular flexibility index (Phi) is 6.15. The summed E-state index contributed by atoms with van der Waals surface area (Å²) in [5, 5.41) is 42.3. The Hall–Kier alpha value is -3.43. The van der Waals surface area contributed by atoms with E-state index < -0.39 is 38.1 Å². The predicted molar refractivity (Wildman–Crippen MR) is 143 cm³/mol. The lowest BCUT2D eigenvalue weighted by Crippen LogP contribution is -2.45. The summed E-state index contributed by atoms with van der Waals surface area (Å²) in [5.41, 5.74) is 2.91. The zero-order chi connectivity index (χ0) is 26.7. The van der Waals surface area contributed by atoms with Gasteiger partial charge in [0.25, 0.3) is 0 Å². The number of phenols is 1. The highest BCUT2D eigenvalue weighted by molar-refractivity contribution is 6.58. The van der Waals surface area contributed by atoms with Gasteiger partial charge < -0.3 is 24.8 Å². The Balaban J connectivity index is 1.41. The molecule has 2 fully saturated rings. The summed E-state index contributed by atoms with van der Waals surface area (Å²) in [5.74, 6) is -2.17. The van der Waals surface area contributed by atoms with Crippen LogP contribution >= 0.6 is 0 Å². The maximum absolute atomic E-state index is 13.9. The molecule has 38 heavy (non-hydrogen) atoms. The highest BCUT2D eigenvalue weighted by Gasteiger charge is 2.58. The van der Waals surface area contributed by atoms with Crippen molar-refractivity contribution in [2.24, 2.45) is 17.8 Å². The topological polar surface area (TPSA) is 128 Å². The number of carbonyl (C=O) groups is 2. The van der Waals surface area contributed by atoms with Crippen LogP contribution in [0.5, 0.6) is 5.75 Å². The molecule has 3 aliphatic rings. The summed E-state index contributed by atoms with van der Waals surface area (Å²) in [6.45, 7) is 1.97. The molecular weight excluding hydrogens is 484 g/mol. The van der Waals surface area contributed by atoms with Gasteiger partial charge >= 0.3 is 14.2 Å². The summed E-state index contributed by atoms with van der Waals surface area (Å²) in [6.07, 6.45) is 0.833. The molecule has 1 aliphatic carbocycles. The number of aromatic hydroxyl groups is 1. The smallest absolute Gasteiger partial charge is 0.488 e. The molecule has 2 aliphatic heterocycles. The minimum Gasteiger partial charge on any atom is -0.507 e. The number of imide groups is 1. The van der Waals surface area contributed by atoms with Crippen molar-refractivity contribution >= 4 is 48.0 Å². The van der Waals surface area contributed by atoms with Crippen LogP contribution in [0.4, 0.5) is 5.69 Å². The first-order valence-electron chi connectivity index (χ1n) is 12.9. The van der Waals surface area contributed by atoms with Crippen molar-refractivity contribution in [3.63, 3.8) is 0 Å². The van der Waals surface area contributed by atoms with Crippen LogP contribution in [0.2, 0.25) is 0 Å². The Labute approximate surface area is 220 Å². The van der Waals surface area contributed by atoms with Crippen LogP contribution in [0.15, 0.2) is 71.7 Å². The van der Waals surface area contributed by atoms with Crippen molar-refractivity contribution in [3.05, 3.63) is 77.3 Å². The fraction of sp³-hybridized carbons (Fsp3) is 0.286. The average molecular weight is 511 g/mol. The Morgan fingerprint density at radius 3 is 2.50 bits per heavy atom. The Bertz CT molecular complexity index is 1490. The lowest BCUT2D eigenvalue weighted by molar-refractivity contribution is -0.123. The number of rotatable bonds is 4. The molecule has 6 rings (SSSR count). The van der Waals surface area contributed by atoms with E-state index in [0.29, 0.717) is 35.8 Å². The first-order valence-corrected chi connectivity index (χ1v) is 12.9. The molecule has 0 bridgehead atoms. The van der Waals surface area contributed by atoms with Gasteiger partial charge in [0.2, 0.25) is 11.8 Å². The number of hydrogen-bond donors (Lipinski definition) is 4. The standard InChI is InChI=1S/C28H27B2NO7/c1-2-15-12-22-25(28(34)31(27(22)33)17-7-5-6-16(13-17)29(35)36)21-14-24(38-30(37)26(15)21)20-10-11-23(32)19-9-4-3-8-18(19)20/h3-11,13,21-22,24-25,32,35-37H,2,12,14H2,1H3/t21-,22-,24-,25+/m0/s1. The molecule has 8 nitrogen and oxygen atoms in total. The highest BCUT2D eigenvalue weighted by atomic mass is 16.5. The molecule has 3 aromatic rings. The van der Waals surface area contributed by atoms with Crippen molar-refractivity contribution in [1.82, 2.24) is 0 Å². The number of nitrogens with zero attached hydrogens (tertiary/aromatic N) is 1. The lowest BCUT2D eigenvalue weighted by atomic mass is 9.55. The van der Waals surface area contributed by atoms with Crippen molar-refractivity contribution in [2.75, 3.05) is 4.90 Å². The second kappa shape index (κ2) is 9.39. The fourth-order valence-electron chi connectivity index (χ4n) is 6.62. The maximum Gasteiger partial charge on any atom is 0.488 e. The largest absolute Gasteiger partial charge is 0.507 e. The third kappa shape index (κ3) is 3.79. The number of fused-ring (bicyclic) bond motifs is 4. The van der Waals surface area contributed by atoms with Crippen LogP contribution in [0.3, 0.4) is 0 Å². The maximum atomic E-state index is 13.9. The van der Waals surface area contributed by atoms with Gasteiger partial charge in [-0.15, -0.1) is 0 Å². The zero-order valence-electron chi connectivity index (χ0n) is 20.8. The molecule has 0 radical (unpaired) electrons. The molecule has 0 spiro atoms. The van der Waals surface area contributed by atoms with Crippen LogP contribution in [-0.4, -0.2) is 46.2 Å². The first-order chi connectivity index (χ1) is 18.3. The third-order valence-corrected chi connectivity index (χ3v) is 8.35. The van der Waals surface area contributed by atoms with Crippen LogP contribution in [-0.2, 0) is 14.2 Å². The average Bonchev–Trinajstić information content (AvgIpc) is 3.17. The van der Waals surface area contributed by atoms with Gasteiger partial charge in [0.15, 0.2) is 0 Å². The van der Waals surface area contributed by atoms with Gasteiger partial charge in [-0.2, -0.15) is 0 Å². The van der Waals surface area contributed by atoms with Gasteiger partial charge in [-0.05, 0) is 65.3 Å². The molecule has 0 unspecified atom stereocenters. The number of phenolic OH excluding ortho intramolecular Hbond substituents is 1. The van der Waals surface area contributed by atoms with Gasteiger partial charge in [-0.1, -0.05) is 55.0 Å². The van der Waals surface area contributed by atoms with Crippen molar-refractivity contribution in [1.29, 1.82) is 0 Å². The minimum absolute atomic E-state index is 0.148. The second-order valence-corrected chi connectivity index (χ2v) is 10.3. The van der Waals surface area contributed by atoms with E-state index in [2.05, 4.69) is 0 Å². The van der Waals surface area contributed by atoms with Crippen LogP contribution in [0.1, 0.15) is 37.9 Å². The van der Waals surface area contributed by atoms with Gasteiger partial charge in [0.1, 0.15) is 5.75 Å². The van der Waals surface area contributed by atoms with E-state index in [4.69, 9.17) is 4.65 Å². The van der Waals surface area contributed by atoms with Gasteiger partial charge in [-0.25, -0.2) is 0 Å². The molecule has 0 aromatic heterocycles. The molecule has 0 saturated carbocycles. The number of hydrogen-bond acceptors (Lipinski definition) is 7. The number of allylic oxidation sites excluding steroid dienone is 2. The normalized spacial score (nSPS) is 25.2. The quantitative estimate of drug-likeness (QED) is 0.313. The first kappa shape index (κ1) is 24.9. The van der Waals surface area contributed by atoms with Crippen LogP contribution in [0, 0.1) is 17.8 Å². The molecular formula is C28H27B2NO7. The van der Waals surface area contributed by atoms with E-state index in [1.165, 1.54) is 12.1 Å². The summed E-state index contributed by atoms with van der Waals surface area (Å²) >= 11 is 0. The van der Waals surface area contributed by atoms with Crippen LogP contribution in [0.25, 0.3) is 10.8 Å². The van der Waals surface area contributed by atoms with Crippen molar-refractivity contribution in [2.45, 2.75) is 32.3 Å².